The molecule has 0 aliphatic carbocycles. The Morgan fingerprint density at radius 3 is 2.47 bits per heavy atom. The van der Waals surface area contributed by atoms with Crippen molar-refractivity contribution in [2.45, 2.75) is 26.4 Å². The second-order valence-corrected chi connectivity index (χ2v) is 6.73. The van der Waals surface area contributed by atoms with E-state index in [1.807, 2.05) is 37.1 Å². The topological polar surface area (TPSA) is 43.8 Å². The van der Waals surface area contributed by atoms with E-state index in [-0.39, 0.29) is 5.91 Å². The first-order valence-electron chi connectivity index (χ1n) is 6.65. The summed E-state index contributed by atoms with van der Waals surface area (Å²) >= 11 is 1.52. The number of piperazine rings is 1. The molecule has 1 fully saturated rings. The average molecular weight is 282 g/mol. The van der Waals surface area contributed by atoms with E-state index in [0.29, 0.717) is 6.54 Å². The normalized spacial score (nSPS) is 17.8. The lowest BCUT2D eigenvalue weighted by Crippen LogP contribution is -2.51. The summed E-state index contributed by atoms with van der Waals surface area (Å²) in [7, 11) is 0. The van der Waals surface area contributed by atoms with Crippen LogP contribution in [0.1, 0.15) is 29.1 Å². The number of thiophene rings is 1. The smallest absolute Gasteiger partial charge is 0.264 e. The molecule has 0 atom stereocenters. The van der Waals surface area contributed by atoms with Gasteiger partial charge in [-0.15, -0.1) is 11.3 Å². The molecule has 1 N–H and O–H groups in total. The van der Waals surface area contributed by atoms with Crippen molar-refractivity contribution < 1.29 is 9.90 Å². The molecule has 0 bridgehead atoms. The number of hydrogen-bond donors (Lipinski definition) is 1. The molecule has 19 heavy (non-hydrogen) atoms. The fourth-order valence-corrected chi connectivity index (χ4v) is 3.28. The maximum Gasteiger partial charge on any atom is 0.264 e. The number of carbonyl (C=O) groups is 1. The number of carbonyl (C=O) groups excluding carboxylic acids is 1. The van der Waals surface area contributed by atoms with Gasteiger partial charge in [-0.1, -0.05) is 0 Å². The number of β-amino-alcohol motifs (C(OH)–C–C–N with tert-alkyl or cyclic N) is 1. The highest BCUT2D eigenvalue weighted by molar-refractivity contribution is 7.12. The Labute approximate surface area is 118 Å². The van der Waals surface area contributed by atoms with E-state index in [1.54, 1.807) is 0 Å². The molecule has 0 saturated carbocycles. The van der Waals surface area contributed by atoms with Crippen molar-refractivity contribution in [3.8, 4) is 0 Å². The predicted octanol–water partition coefficient (Wildman–Crippen LogP) is 1.59. The first kappa shape index (κ1) is 14.5. The van der Waals surface area contributed by atoms with Gasteiger partial charge in [-0.2, -0.15) is 0 Å². The number of amides is 1. The lowest BCUT2D eigenvalue weighted by molar-refractivity contribution is 0.0179. The summed E-state index contributed by atoms with van der Waals surface area (Å²) in [5.74, 6) is 0.149. The zero-order valence-corrected chi connectivity index (χ0v) is 12.7. The molecule has 1 aromatic heterocycles. The SMILES string of the molecule is Cc1ccsc1C(=O)N1CCN(CC(C)(C)O)CC1. The van der Waals surface area contributed by atoms with Crippen molar-refractivity contribution in [1.82, 2.24) is 9.80 Å². The van der Waals surface area contributed by atoms with Crippen molar-refractivity contribution in [1.29, 1.82) is 0 Å². The number of aryl methyl sites for hydroxylation is 1. The Morgan fingerprint density at radius 2 is 2.00 bits per heavy atom. The van der Waals surface area contributed by atoms with Gasteiger partial charge in [0.1, 0.15) is 0 Å². The lowest BCUT2D eigenvalue weighted by atomic mass is 10.1. The monoisotopic (exact) mass is 282 g/mol. The Morgan fingerprint density at radius 1 is 1.37 bits per heavy atom. The molecule has 106 valence electrons. The van der Waals surface area contributed by atoms with Gasteiger partial charge in [0, 0.05) is 32.7 Å². The largest absolute Gasteiger partial charge is 0.389 e. The molecule has 0 aromatic carbocycles. The van der Waals surface area contributed by atoms with E-state index in [0.717, 1.165) is 36.6 Å². The minimum atomic E-state index is -0.670. The molecule has 1 aliphatic rings. The molecule has 0 unspecified atom stereocenters. The van der Waals surface area contributed by atoms with Gasteiger partial charge in [0.2, 0.25) is 0 Å². The first-order valence-corrected chi connectivity index (χ1v) is 7.53. The summed E-state index contributed by atoms with van der Waals surface area (Å²) in [6.07, 6.45) is 0. The average Bonchev–Trinajstić information content (AvgIpc) is 2.73. The minimum Gasteiger partial charge on any atom is -0.389 e. The molecular formula is C14H22N2O2S. The van der Waals surface area contributed by atoms with Crippen LogP contribution < -0.4 is 0 Å². The molecule has 2 rings (SSSR count). The molecule has 0 radical (unpaired) electrons. The summed E-state index contributed by atoms with van der Waals surface area (Å²) in [4.78, 5) is 17.3. The van der Waals surface area contributed by atoms with E-state index >= 15 is 0 Å². The number of rotatable bonds is 3. The molecule has 1 aromatic rings. The quantitative estimate of drug-likeness (QED) is 0.915. The van der Waals surface area contributed by atoms with Gasteiger partial charge < -0.3 is 10.0 Å². The van der Waals surface area contributed by atoms with Crippen LogP contribution in [-0.4, -0.2) is 59.1 Å². The molecule has 1 aliphatic heterocycles. The third-order valence-corrected chi connectivity index (χ3v) is 4.33. The number of hydrogen-bond acceptors (Lipinski definition) is 4. The van der Waals surface area contributed by atoms with Crippen molar-refractivity contribution in [3.63, 3.8) is 0 Å². The molecule has 1 saturated heterocycles. The fourth-order valence-electron chi connectivity index (χ4n) is 2.39. The summed E-state index contributed by atoms with van der Waals surface area (Å²) in [5, 5.41) is 11.8. The van der Waals surface area contributed by atoms with Crippen LogP contribution in [0, 0.1) is 6.92 Å². The van der Waals surface area contributed by atoms with Gasteiger partial charge in [-0.25, -0.2) is 0 Å². The highest BCUT2D eigenvalue weighted by atomic mass is 32.1. The van der Waals surface area contributed by atoms with Crippen LogP contribution in [0.25, 0.3) is 0 Å². The van der Waals surface area contributed by atoms with Crippen molar-refractivity contribution >= 4 is 17.2 Å². The van der Waals surface area contributed by atoms with E-state index in [2.05, 4.69) is 4.90 Å². The van der Waals surface area contributed by atoms with Crippen molar-refractivity contribution in [2.75, 3.05) is 32.7 Å². The second-order valence-electron chi connectivity index (χ2n) is 5.81. The highest BCUT2D eigenvalue weighted by Gasteiger charge is 2.26. The summed E-state index contributed by atoms with van der Waals surface area (Å²) in [6.45, 7) is 9.43. The van der Waals surface area contributed by atoms with Gasteiger partial charge >= 0.3 is 0 Å². The summed E-state index contributed by atoms with van der Waals surface area (Å²) in [5.41, 5.74) is 0.394. The van der Waals surface area contributed by atoms with Crippen LogP contribution >= 0.6 is 11.3 Å². The van der Waals surface area contributed by atoms with Gasteiger partial charge in [0.15, 0.2) is 0 Å². The minimum absolute atomic E-state index is 0.149. The molecule has 5 heteroatoms. The van der Waals surface area contributed by atoms with E-state index in [4.69, 9.17) is 0 Å². The van der Waals surface area contributed by atoms with Crippen molar-refractivity contribution in [3.05, 3.63) is 21.9 Å². The fraction of sp³-hybridized carbons (Fsp3) is 0.643. The number of aliphatic hydroxyl groups is 1. The standard InChI is InChI=1S/C14H22N2O2S/c1-11-4-9-19-12(11)13(17)16-7-5-15(6-8-16)10-14(2,3)18/h4,9,18H,5-8,10H2,1-3H3. The van der Waals surface area contributed by atoms with Gasteiger partial charge in [-0.05, 0) is 37.8 Å². The molecule has 1 amide bonds. The van der Waals surface area contributed by atoms with Crippen molar-refractivity contribution in [2.24, 2.45) is 0 Å². The van der Waals surface area contributed by atoms with Crippen LogP contribution in [0.15, 0.2) is 11.4 Å². The maximum atomic E-state index is 12.3. The van der Waals surface area contributed by atoms with Crippen LogP contribution in [0.2, 0.25) is 0 Å². The summed E-state index contributed by atoms with van der Waals surface area (Å²) < 4.78 is 0. The van der Waals surface area contributed by atoms with E-state index < -0.39 is 5.60 Å². The predicted molar refractivity (Wildman–Crippen MR) is 77.7 cm³/mol. The zero-order valence-electron chi connectivity index (χ0n) is 11.8. The lowest BCUT2D eigenvalue weighted by Gasteiger charge is -2.37. The molecule has 2 heterocycles. The maximum absolute atomic E-state index is 12.3. The van der Waals surface area contributed by atoms with Crippen LogP contribution in [-0.2, 0) is 0 Å². The Hall–Kier alpha value is -0.910. The van der Waals surface area contributed by atoms with Gasteiger partial charge in [0.25, 0.3) is 5.91 Å². The second kappa shape index (κ2) is 5.61. The Bertz CT molecular complexity index is 443. The number of nitrogens with zero attached hydrogens (tertiary/aromatic N) is 2. The molecule has 4 nitrogen and oxygen atoms in total. The molecule has 0 spiro atoms. The Kier molecular flexibility index (Phi) is 4.28. The van der Waals surface area contributed by atoms with E-state index in [9.17, 15) is 9.90 Å². The highest BCUT2D eigenvalue weighted by Crippen LogP contribution is 2.19. The van der Waals surface area contributed by atoms with Crippen LogP contribution in [0.4, 0.5) is 0 Å². The van der Waals surface area contributed by atoms with Gasteiger partial charge in [-0.3, -0.25) is 9.69 Å². The summed E-state index contributed by atoms with van der Waals surface area (Å²) in [6, 6.07) is 1.99. The van der Waals surface area contributed by atoms with Gasteiger partial charge in [0.05, 0.1) is 10.5 Å². The zero-order chi connectivity index (χ0) is 14.0. The molecular weight excluding hydrogens is 260 g/mol. The first-order chi connectivity index (χ1) is 8.87. The third-order valence-electron chi connectivity index (χ3n) is 3.33. The van der Waals surface area contributed by atoms with E-state index in [1.165, 1.54) is 11.3 Å². The third kappa shape index (κ3) is 3.78. The van der Waals surface area contributed by atoms with Crippen LogP contribution in [0.5, 0.6) is 0 Å². The van der Waals surface area contributed by atoms with Crippen LogP contribution in [0.3, 0.4) is 0 Å². The Balaban J connectivity index is 1.90.